The van der Waals surface area contributed by atoms with Crippen LogP contribution in [0.15, 0.2) is 53.4 Å². The maximum Gasteiger partial charge on any atom is 0.259 e. The van der Waals surface area contributed by atoms with Crippen LogP contribution >= 0.6 is 23.2 Å². The average molecular weight is 388 g/mol. The summed E-state index contributed by atoms with van der Waals surface area (Å²) in [5.74, 6) is 0.502. The molecule has 0 aliphatic carbocycles. The minimum atomic E-state index is -3.58. The van der Waals surface area contributed by atoms with Gasteiger partial charge in [0.25, 0.3) is 5.24 Å². The van der Waals surface area contributed by atoms with Gasteiger partial charge in [-0.15, -0.1) is 0 Å². The normalized spacial score (nSPS) is 11.2. The first-order valence-corrected chi connectivity index (χ1v) is 9.26. The quantitative estimate of drug-likeness (QED) is 0.706. The number of carbonyl (C=O) groups is 1. The highest BCUT2D eigenvalue weighted by Gasteiger charge is 2.13. The van der Waals surface area contributed by atoms with Crippen LogP contribution in [0, 0.1) is 0 Å². The number of rotatable bonds is 8. The predicted molar refractivity (Wildman–Crippen MR) is 93.1 cm³/mol. The lowest BCUT2D eigenvalue weighted by atomic mass is 10.1. The maximum atomic E-state index is 12.1. The van der Waals surface area contributed by atoms with E-state index in [9.17, 15) is 13.2 Å². The number of sulfonamides is 1. The molecule has 8 heteroatoms. The Labute approximate surface area is 150 Å². The SMILES string of the molecule is O=C(Cl)COc1cccc(CCNS(=O)(=O)c2ccc(Cl)cc2)c1. The molecule has 0 aliphatic rings. The van der Waals surface area contributed by atoms with Crippen molar-refractivity contribution in [1.29, 1.82) is 0 Å². The first-order valence-electron chi connectivity index (χ1n) is 7.02. The van der Waals surface area contributed by atoms with Crippen molar-refractivity contribution in [3.63, 3.8) is 0 Å². The molecule has 0 saturated heterocycles. The van der Waals surface area contributed by atoms with E-state index in [1.165, 1.54) is 24.3 Å². The highest BCUT2D eigenvalue weighted by atomic mass is 35.5. The summed E-state index contributed by atoms with van der Waals surface area (Å²) in [5, 5.41) is -0.114. The molecule has 5 nitrogen and oxygen atoms in total. The van der Waals surface area contributed by atoms with Gasteiger partial charge in [-0.25, -0.2) is 13.1 Å². The number of hydrogen-bond acceptors (Lipinski definition) is 4. The molecule has 0 heterocycles. The summed E-state index contributed by atoms with van der Waals surface area (Å²) in [4.78, 5) is 10.9. The smallest absolute Gasteiger partial charge is 0.259 e. The second-order valence-corrected chi connectivity index (χ2v) is 7.52. The van der Waals surface area contributed by atoms with Gasteiger partial charge in [0.05, 0.1) is 4.90 Å². The van der Waals surface area contributed by atoms with Crippen LogP contribution < -0.4 is 9.46 Å². The fourth-order valence-corrected chi connectivity index (χ4v) is 3.17. The highest BCUT2D eigenvalue weighted by molar-refractivity contribution is 7.89. The molecule has 0 amide bonds. The van der Waals surface area contributed by atoms with Crippen molar-refractivity contribution in [1.82, 2.24) is 4.72 Å². The topological polar surface area (TPSA) is 72.5 Å². The minimum absolute atomic E-state index is 0.157. The summed E-state index contributed by atoms with van der Waals surface area (Å²) in [7, 11) is -3.58. The molecule has 0 fully saturated rings. The molecule has 1 N–H and O–H groups in total. The van der Waals surface area contributed by atoms with Crippen LogP contribution in [0.2, 0.25) is 5.02 Å². The second-order valence-electron chi connectivity index (χ2n) is 4.89. The highest BCUT2D eigenvalue weighted by Crippen LogP contribution is 2.15. The zero-order chi connectivity index (χ0) is 17.6. The fraction of sp³-hybridized carbons (Fsp3) is 0.188. The summed E-state index contributed by atoms with van der Waals surface area (Å²) in [5.41, 5.74) is 0.869. The van der Waals surface area contributed by atoms with Crippen LogP contribution in [-0.4, -0.2) is 26.8 Å². The van der Waals surface area contributed by atoms with Gasteiger partial charge in [0.2, 0.25) is 10.0 Å². The molecule has 128 valence electrons. The fourth-order valence-electron chi connectivity index (χ4n) is 1.96. The zero-order valence-corrected chi connectivity index (χ0v) is 14.9. The number of ether oxygens (including phenoxy) is 1. The van der Waals surface area contributed by atoms with Crippen LogP contribution in [0.5, 0.6) is 5.75 Å². The molecule has 0 spiro atoms. The van der Waals surface area contributed by atoms with Gasteiger partial charge in [-0.2, -0.15) is 0 Å². The molecule has 0 unspecified atom stereocenters. The lowest BCUT2D eigenvalue weighted by Gasteiger charge is -2.08. The summed E-state index contributed by atoms with van der Waals surface area (Å²) < 4.78 is 32.0. The van der Waals surface area contributed by atoms with E-state index < -0.39 is 15.3 Å². The van der Waals surface area contributed by atoms with Crippen molar-refractivity contribution in [2.75, 3.05) is 13.2 Å². The van der Waals surface area contributed by atoms with Gasteiger partial charge in [0.15, 0.2) is 6.61 Å². The Kier molecular flexibility index (Phi) is 6.62. The third-order valence-electron chi connectivity index (χ3n) is 3.08. The molecule has 0 aliphatic heterocycles. The first-order chi connectivity index (χ1) is 11.4. The summed E-state index contributed by atoms with van der Waals surface area (Å²) in [6.07, 6.45) is 0.471. The molecule has 0 aromatic heterocycles. The van der Waals surface area contributed by atoms with Gasteiger partial charge in [-0.1, -0.05) is 23.7 Å². The number of hydrogen-bond donors (Lipinski definition) is 1. The van der Waals surface area contributed by atoms with Crippen LogP contribution in [0.1, 0.15) is 5.56 Å². The molecule has 24 heavy (non-hydrogen) atoms. The van der Waals surface area contributed by atoms with Gasteiger partial charge in [0.1, 0.15) is 5.75 Å². The Morgan fingerprint density at radius 2 is 1.83 bits per heavy atom. The summed E-state index contributed by atoms with van der Waals surface area (Å²) >= 11 is 11.0. The molecule has 0 bridgehead atoms. The molecule has 0 saturated carbocycles. The van der Waals surface area contributed by atoms with Gasteiger partial charge in [0, 0.05) is 11.6 Å². The van der Waals surface area contributed by atoms with Crippen LogP contribution in [-0.2, 0) is 21.2 Å². The Bertz CT molecular complexity index is 807. The third kappa shape index (κ3) is 5.79. The van der Waals surface area contributed by atoms with E-state index in [0.29, 0.717) is 17.2 Å². The average Bonchev–Trinajstić information content (AvgIpc) is 2.53. The Balaban J connectivity index is 1.92. The Morgan fingerprint density at radius 1 is 1.12 bits per heavy atom. The Hall–Kier alpha value is -1.60. The van der Waals surface area contributed by atoms with E-state index in [4.69, 9.17) is 27.9 Å². The van der Waals surface area contributed by atoms with Crippen molar-refractivity contribution in [2.45, 2.75) is 11.3 Å². The van der Waals surface area contributed by atoms with Gasteiger partial charge in [-0.05, 0) is 60.0 Å². The lowest BCUT2D eigenvalue weighted by molar-refractivity contribution is -0.113. The van der Waals surface area contributed by atoms with Gasteiger partial charge < -0.3 is 4.74 Å². The van der Waals surface area contributed by atoms with E-state index in [1.54, 1.807) is 18.2 Å². The van der Waals surface area contributed by atoms with Crippen molar-refractivity contribution < 1.29 is 17.9 Å². The van der Waals surface area contributed by atoms with E-state index >= 15 is 0 Å². The number of nitrogens with one attached hydrogen (secondary N) is 1. The standard InChI is InChI=1S/C16H15Cl2NO4S/c17-13-4-6-15(7-5-13)24(21,22)19-9-8-12-2-1-3-14(10-12)23-11-16(18)20/h1-7,10,19H,8-9,11H2. The van der Waals surface area contributed by atoms with E-state index in [0.717, 1.165) is 5.56 Å². The van der Waals surface area contributed by atoms with E-state index in [1.807, 2.05) is 6.07 Å². The summed E-state index contributed by atoms with van der Waals surface area (Å²) in [6, 6.07) is 13.0. The Morgan fingerprint density at radius 3 is 2.50 bits per heavy atom. The van der Waals surface area contributed by atoms with Crippen LogP contribution in [0.4, 0.5) is 0 Å². The van der Waals surface area contributed by atoms with Crippen LogP contribution in [0.3, 0.4) is 0 Å². The monoisotopic (exact) mass is 387 g/mol. The largest absolute Gasteiger partial charge is 0.484 e. The van der Waals surface area contributed by atoms with E-state index in [-0.39, 0.29) is 18.0 Å². The van der Waals surface area contributed by atoms with Crippen molar-refractivity contribution >= 4 is 38.5 Å². The van der Waals surface area contributed by atoms with Crippen molar-refractivity contribution in [2.24, 2.45) is 0 Å². The molecule has 2 aromatic carbocycles. The second kappa shape index (κ2) is 8.48. The molecule has 0 atom stereocenters. The van der Waals surface area contributed by atoms with Crippen molar-refractivity contribution in [3.8, 4) is 5.75 Å². The molecule has 2 rings (SSSR count). The minimum Gasteiger partial charge on any atom is -0.484 e. The summed E-state index contributed by atoms with van der Waals surface area (Å²) in [6.45, 7) is 0.0110. The number of halogens is 2. The number of carbonyl (C=O) groups excluding carboxylic acids is 1. The molecular formula is C16H15Cl2NO4S. The third-order valence-corrected chi connectivity index (χ3v) is 4.92. The maximum absolute atomic E-state index is 12.1. The zero-order valence-electron chi connectivity index (χ0n) is 12.5. The van der Waals surface area contributed by atoms with Gasteiger partial charge in [-0.3, -0.25) is 4.79 Å². The molecule has 0 radical (unpaired) electrons. The first kappa shape index (κ1) is 18.7. The van der Waals surface area contributed by atoms with E-state index in [2.05, 4.69) is 4.72 Å². The molecular weight excluding hydrogens is 373 g/mol. The number of benzene rings is 2. The van der Waals surface area contributed by atoms with Crippen LogP contribution in [0.25, 0.3) is 0 Å². The van der Waals surface area contributed by atoms with Gasteiger partial charge >= 0.3 is 0 Å². The lowest BCUT2D eigenvalue weighted by Crippen LogP contribution is -2.25. The van der Waals surface area contributed by atoms with Crippen molar-refractivity contribution in [3.05, 3.63) is 59.1 Å². The predicted octanol–water partition coefficient (Wildman–Crippen LogP) is 3.01. The molecule has 2 aromatic rings.